The number of hydrogen-bond acceptors (Lipinski definition) is 3. The summed E-state index contributed by atoms with van der Waals surface area (Å²) in [7, 11) is 0. The van der Waals surface area contributed by atoms with E-state index in [4.69, 9.17) is 16.7 Å². The van der Waals surface area contributed by atoms with Crippen molar-refractivity contribution >= 4 is 35.4 Å². The lowest BCUT2D eigenvalue weighted by Gasteiger charge is -2.04. The third kappa shape index (κ3) is 3.51. The molecular weight excluding hydrogens is 306 g/mol. The molecule has 0 radical (unpaired) electrons. The van der Waals surface area contributed by atoms with Gasteiger partial charge in [-0.2, -0.15) is 0 Å². The largest absolute Gasteiger partial charge is 0.478 e. The molecule has 22 heavy (non-hydrogen) atoms. The second kappa shape index (κ2) is 6.41. The quantitative estimate of drug-likeness (QED) is 0.840. The van der Waals surface area contributed by atoms with Crippen molar-refractivity contribution in [1.29, 1.82) is 0 Å². The SMILES string of the molecule is Cc1cc(Cl)ccc1N=Cc1ccc(C(=O)O)cc1C(=O)O. The molecule has 0 saturated carbocycles. The lowest BCUT2D eigenvalue weighted by molar-refractivity contribution is 0.0695. The number of benzene rings is 2. The minimum Gasteiger partial charge on any atom is -0.478 e. The van der Waals surface area contributed by atoms with Gasteiger partial charge in [0.25, 0.3) is 0 Å². The van der Waals surface area contributed by atoms with Crippen molar-refractivity contribution in [3.63, 3.8) is 0 Å². The molecular formula is C16H12ClNO4. The average molecular weight is 318 g/mol. The molecule has 0 unspecified atom stereocenters. The van der Waals surface area contributed by atoms with Crippen LogP contribution in [0.4, 0.5) is 5.69 Å². The van der Waals surface area contributed by atoms with E-state index >= 15 is 0 Å². The smallest absolute Gasteiger partial charge is 0.336 e. The number of rotatable bonds is 4. The van der Waals surface area contributed by atoms with Gasteiger partial charge < -0.3 is 10.2 Å². The molecule has 6 heteroatoms. The van der Waals surface area contributed by atoms with Crippen LogP contribution < -0.4 is 0 Å². The van der Waals surface area contributed by atoms with E-state index in [1.54, 1.807) is 18.2 Å². The van der Waals surface area contributed by atoms with Gasteiger partial charge in [0.2, 0.25) is 0 Å². The Labute approximate surface area is 131 Å². The van der Waals surface area contributed by atoms with Gasteiger partial charge in [-0.15, -0.1) is 0 Å². The van der Waals surface area contributed by atoms with Crippen molar-refractivity contribution in [3.05, 3.63) is 63.7 Å². The van der Waals surface area contributed by atoms with E-state index in [2.05, 4.69) is 4.99 Å². The van der Waals surface area contributed by atoms with Crippen molar-refractivity contribution < 1.29 is 19.8 Å². The summed E-state index contributed by atoms with van der Waals surface area (Å²) in [6.45, 7) is 1.84. The Kier molecular flexibility index (Phi) is 4.58. The first kappa shape index (κ1) is 15.7. The Bertz CT molecular complexity index is 784. The highest BCUT2D eigenvalue weighted by Crippen LogP contribution is 2.22. The molecule has 2 N–H and O–H groups in total. The Balaban J connectivity index is 2.42. The summed E-state index contributed by atoms with van der Waals surface area (Å²) < 4.78 is 0. The van der Waals surface area contributed by atoms with Crippen molar-refractivity contribution in [2.75, 3.05) is 0 Å². The van der Waals surface area contributed by atoms with E-state index in [1.807, 2.05) is 6.92 Å². The van der Waals surface area contributed by atoms with Crippen LogP contribution >= 0.6 is 11.6 Å². The Hall–Kier alpha value is -2.66. The van der Waals surface area contributed by atoms with E-state index in [1.165, 1.54) is 18.3 Å². The average Bonchev–Trinajstić information content (AvgIpc) is 2.46. The van der Waals surface area contributed by atoms with Gasteiger partial charge in [0.1, 0.15) is 0 Å². The molecule has 0 aliphatic heterocycles. The molecule has 0 aliphatic carbocycles. The summed E-state index contributed by atoms with van der Waals surface area (Å²) >= 11 is 5.86. The molecule has 0 amide bonds. The predicted molar refractivity (Wildman–Crippen MR) is 83.8 cm³/mol. The number of carbonyl (C=O) groups is 2. The number of halogens is 1. The summed E-state index contributed by atoms with van der Waals surface area (Å²) in [4.78, 5) is 26.4. The summed E-state index contributed by atoms with van der Waals surface area (Å²) in [5.41, 5.74) is 1.63. The molecule has 0 bridgehead atoms. The predicted octanol–water partition coefficient (Wildman–Crippen LogP) is 3.80. The standard InChI is InChI=1S/C16H12ClNO4/c1-9-6-12(17)4-5-14(9)18-8-11-3-2-10(15(19)20)7-13(11)16(21)22/h2-8H,1H3,(H,19,20)(H,21,22). The lowest BCUT2D eigenvalue weighted by Crippen LogP contribution is -2.06. The highest BCUT2D eigenvalue weighted by molar-refractivity contribution is 6.30. The maximum atomic E-state index is 11.2. The first-order valence-electron chi connectivity index (χ1n) is 6.29. The van der Waals surface area contributed by atoms with Crippen LogP contribution in [0.5, 0.6) is 0 Å². The zero-order valence-corrected chi connectivity index (χ0v) is 12.3. The van der Waals surface area contributed by atoms with Gasteiger partial charge in [-0.1, -0.05) is 17.7 Å². The number of aliphatic imine (C=N–C) groups is 1. The molecule has 2 rings (SSSR count). The van der Waals surface area contributed by atoms with Gasteiger partial charge in [0.05, 0.1) is 16.8 Å². The van der Waals surface area contributed by atoms with Crippen LogP contribution in [0.3, 0.4) is 0 Å². The third-order valence-electron chi connectivity index (χ3n) is 3.03. The minimum atomic E-state index is -1.21. The molecule has 2 aromatic carbocycles. The second-order valence-corrected chi connectivity index (χ2v) is 5.04. The Morgan fingerprint density at radius 1 is 1.09 bits per heavy atom. The van der Waals surface area contributed by atoms with E-state index in [0.29, 0.717) is 16.3 Å². The molecule has 0 aliphatic rings. The molecule has 0 saturated heterocycles. The number of aromatic carboxylic acids is 2. The molecule has 0 heterocycles. The van der Waals surface area contributed by atoms with Gasteiger partial charge in [-0.25, -0.2) is 9.59 Å². The van der Waals surface area contributed by atoms with Crippen molar-refractivity contribution in [1.82, 2.24) is 0 Å². The number of carboxylic acid groups (broad SMARTS) is 2. The molecule has 0 spiro atoms. The Morgan fingerprint density at radius 3 is 2.41 bits per heavy atom. The topological polar surface area (TPSA) is 87.0 Å². The van der Waals surface area contributed by atoms with Gasteiger partial charge in [0, 0.05) is 16.8 Å². The molecule has 0 atom stereocenters. The van der Waals surface area contributed by atoms with E-state index < -0.39 is 11.9 Å². The Morgan fingerprint density at radius 2 is 1.82 bits per heavy atom. The van der Waals surface area contributed by atoms with E-state index in [0.717, 1.165) is 11.6 Å². The maximum Gasteiger partial charge on any atom is 0.336 e. The monoisotopic (exact) mass is 317 g/mol. The van der Waals surface area contributed by atoms with Gasteiger partial charge in [-0.05, 0) is 42.8 Å². The van der Waals surface area contributed by atoms with Crippen molar-refractivity contribution in [3.8, 4) is 0 Å². The fourth-order valence-electron chi connectivity index (χ4n) is 1.89. The van der Waals surface area contributed by atoms with E-state index in [-0.39, 0.29) is 11.1 Å². The zero-order chi connectivity index (χ0) is 16.3. The molecule has 0 aromatic heterocycles. The fourth-order valence-corrected chi connectivity index (χ4v) is 2.12. The van der Waals surface area contributed by atoms with Crippen LogP contribution in [0.1, 0.15) is 31.8 Å². The molecule has 5 nitrogen and oxygen atoms in total. The van der Waals surface area contributed by atoms with Crippen LogP contribution in [0, 0.1) is 6.92 Å². The summed E-state index contributed by atoms with van der Waals surface area (Å²) in [6, 6.07) is 9.03. The van der Waals surface area contributed by atoms with E-state index in [9.17, 15) is 14.7 Å². The van der Waals surface area contributed by atoms with Gasteiger partial charge >= 0.3 is 11.9 Å². The highest BCUT2D eigenvalue weighted by atomic mass is 35.5. The van der Waals surface area contributed by atoms with Crippen LogP contribution in [-0.2, 0) is 0 Å². The van der Waals surface area contributed by atoms with Crippen molar-refractivity contribution in [2.45, 2.75) is 6.92 Å². The zero-order valence-electron chi connectivity index (χ0n) is 11.6. The molecule has 0 fully saturated rings. The number of carboxylic acids is 2. The molecule has 112 valence electrons. The normalized spacial score (nSPS) is 10.8. The highest BCUT2D eigenvalue weighted by Gasteiger charge is 2.12. The number of aryl methyl sites for hydroxylation is 1. The van der Waals surface area contributed by atoms with Gasteiger partial charge in [0.15, 0.2) is 0 Å². The van der Waals surface area contributed by atoms with Crippen LogP contribution in [0.25, 0.3) is 0 Å². The third-order valence-corrected chi connectivity index (χ3v) is 3.27. The number of hydrogen-bond donors (Lipinski definition) is 2. The van der Waals surface area contributed by atoms with Crippen LogP contribution in [0.15, 0.2) is 41.4 Å². The summed E-state index contributed by atoms with van der Waals surface area (Å²) in [6.07, 6.45) is 1.39. The van der Waals surface area contributed by atoms with Crippen molar-refractivity contribution in [2.24, 2.45) is 4.99 Å². The number of nitrogens with zero attached hydrogens (tertiary/aromatic N) is 1. The van der Waals surface area contributed by atoms with Gasteiger partial charge in [-0.3, -0.25) is 4.99 Å². The molecule has 2 aromatic rings. The summed E-state index contributed by atoms with van der Waals surface area (Å²) in [5, 5.41) is 18.7. The first-order chi connectivity index (χ1) is 10.4. The van der Waals surface area contributed by atoms with Crippen LogP contribution in [-0.4, -0.2) is 28.4 Å². The minimum absolute atomic E-state index is 0.0859. The maximum absolute atomic E-state index is 11.2. The fraction of sp³-hybridized carbons (Fsp3) is 0.0625. The lowest BCUT2D eigenvalue weighted by atomic mass is 10.0. The first-order valence-corrected chi connectivity index (χ1v) is 6.67. The summed E-state index contributed by atoms with van der Waals surface area (Å²) in [5.74, 6) is -2.39. The second-order valence-electron chi connectivity index (χ2n) is 4.60. The van der Waals surface area contributed by atoms with Crippen LogP contribution in [0.2, 0.25) is 5.02 Å².